The number of nitrogens with one attached hydrogen (secondary N) is 2. The molecule has 0 spiro atoms. The number of ether oxygens (including phenoxy) is 1. The average molecular weight is 330 g/mol. The van der Waals surface area contributed by atoms with E-state index in [4.69, 9.17) is 27.9 Å². The van der Waals surface area contributed by atoms with Crippen LogP contribution in [0.4, 0.5) is 0 Å². The van der Waals surface area contributed by atoms with Gasteiger partial charge in [0.15, 0.2) is 5.75 Å². The van der Waals surface area contributed by atoms with E-state index in [1.165, 1.54) is 0 Å². The first kappa shape index (κ1) is 16.1. The van der Waals surface area contributed by atoms with Crippen molar-refractivity contribution < 1.29 is 9.84 Å². The Bertz CT molecular complexity index is 601. The van der Waals surface area contributed by atoms with Crippen LogP contribution < -0.4 is 15.6 Å². The fourth-order valence-corrected chi connectivity index (χ4v) is 2.69. The van der Waals surface area contributed by atoms with Gasteiger partial charge in [-0.3, -0.25) is 5.43 Å². The molecule has 0 saturated carbocycles. The normalized spacial score (nSPS) is 12.5. The average Bonchev–Trinajstić information content (AvgIpc) is 2.73. The van der Waals surface area contributed by atoms with Crippen LogP contribution in [0.5, 0.6) is 5.75 Å². The van der Waals surface area contributed by atoms with Gasteiger partial charge >= 0.3 is 0 Å². The third kappa shape index (κ3) is 3.51. The molecule has 1 aromatic carbocycles. The lowest BCUT2D eigenvalue weighted by Crippen LogP contribution is -2.42. The highest BCUT2D eigenvalue weighted by molar-refractivity contribution is 6.37. The molecule has 1 atom stereocenters. The number of rotatable bonds is 5. The van der Waals surface area contributed by atoms with Crippen molar-refractivity contribution >= 4 is 23.2 Å². The lowest BCUT2D eigenvalue weighted by atomic mass is 10.2. The molecular formula is C14H17Cl2N3O2. The highest BCUT2D eigenvalue weighted by atomic mass is 35.5. The minimum Gasteiger partial charge on any atom is -0.447 e. The van der Waals surface area contributed by atoms with E-state index < -0.39 is 6.41 Å². The fraction of sp³-hybridized carbons (Fsp3) is 0.286. The zero-order chi connectivity index (χ0) is 15.6. The topological polar surface area (TPSA) is 58.4 Å². The summed E-state index contributed by atoms with van der Waals surface area (Å²) in [6, 6.07) is 7.52. The number of aliphatic hydroxyl groups excluding tert-OH is 1. The van der Waals surface area contributed by atoms with E-state index in [9.17, 15) is 5.11 Å². The van der Waals surface area contributed by atoms with Gasteiger partial charge in [0.25, 0.3) is 6.41 Å². The summed E-state index contributed by atoms with van der Waals surface area (Å²) in [5.41, 5.74) is 8.02. The molecule has 1 aromatic heterocycles. The molecule has 0 saturated heterocycles. The molecule has 0 bridgehead atoms. The first-order valence-electron chi connectivity index (χ1n) is 6.35. The molecule has 0 amide bonds. The molecule has 0 aliphatic heterocycles. The zero-order valence-corrected chi connectivity index (χ0v) is 13.5. The van der Waals surface area contributed by atoms with Gasteiger partial charge in [0.05, 0.1) is 10.0 Å². The van der Waals surface area contributed by atoms with Gasteiger partial charge in [0, 0.05) is 17.1 Å². The van der Waals surface area contributed by atoms with Gasteiger partial charge in [0.1, 0.15) is 0 Å². The van der Waals surface area contributed by atoms with Crippen molar-refractivity contribution in [1.82, 2.24) is 15.4 Å². The van der Waals surface area contributed by atoms with Crippen LogP contribution in [0.15, 0.2) is 24.3 Å². The Kier molecular flexibility index (Phi) is 5.13. The summed E-state index contributed by atoms with van der Waals surface area (Å²) in [5, 5.41) is 10.2. The minimum atomic E-state index is -1.26. The van der Waals surface area contributed by atoms with Crippen molar-refractivity contribution in [3.8, 4) is 11.4 Å². The van der Waals surface area contributed by atoms with Crippen molar-refractivity contribution in [1.29, 1.82) is 0 Å². The smallest absolute Gasteiger partial charge is 0.269 e. The SMILES string of the molecule is CNNC(O)Oc1c(Cl)cc(-n2c(C)ccc2C)cc1Cl. The minimum absolute atomic E-state index is 0.222. The third-order valence-corrected chi connectivity index (χ3v) is 3.57. The van der Waals surface area contributed by atoms with E-state index >= 15 is 0 Å². The Balaban J connectivity index is 2.38. The maximum absolute atomic E-state index is 9.57. The molecular weight excluding hydrogens is 313 g/mol. The predicted octanol–water partition coefficient (Wildman–Crippen LogP) is 2.78. The summed E-state index contributed by atoms with van der Waals surface area (Å²) in [6.45, 7) is 4.00. The maximum Gasteiger partial charge on any atom is 0.269 e. The molecule has 1 unspecified atom stereocenters. The summed E-state index contributed by atoms with van der Waals surface area (Å²) < 4.78 is 7.29. The number of hydrogen-bond donors (Lipinski definition) is 3. The van der Waals surface area contributed by atoms with Crippen LogP contribution in [0.3, 0.4) is 0 Å². The Morgan fingerprint density at radius 3 is 2.14 bits per heavy atom. The van der Waals surface area contributed by atoms with Gasteiger partial charge in [-0.15, -0.1) is 0 Å². The van der Waals surface area contributed by atoms with E-state index in [0.29, 0.717) is 10.0 Å². The van der Waals surface area contributed by atoms with Crippen LogP contribution in [0.1, 0.15) is 11.4 Å². The third-order valence-electron chi connectivity index (χ3n) is 3.01. The van der Waals surface area contributed by atoms with Gasteiger partial charge in [-0.1, -0.05) is 23.2 Å². The monoisotopic (exact) mass is 329 g/mol. The van der Waals surface area contributed by atoms with E-state index in [2.05, 4.69) is 10.9 Å². The van der Waals surface area contributed by atoms with Gasteiger partial charge in [-0.05, 0) is 45.2 Å². The highest BCUT2D eigenvalue weighted by Crippen LogP contribution is 2.36. The second-order valence-corrected chi connectivity index (χ2v) is 5.37. The van der Waals surface area contributed by atoms with Crippen LogP contribution >= 0.6 is 23.2 Å². The van der Waals surface area contributed by atoms with Crippen LogP contribution in [-0.4, -0.2) is 23.1 Å². The summed E-state index contributed by atoms with van der Waals surface area (Å²) in [6.07, 6.45) is -1.26. The number of benzene rings is 1. The van der Waals surface area contributed by atoms with E-state index in [1.54, 1.807) is 19.2 Å². The van der Waals surface area contributed by atoms with Crippen molar-refractivity contribution in [3.63, 3.8) is 0 Å². The van der Waals surface area contributed by atoms with Crippen LogP contribution in [0.25, 0.3) is 5.69 Å². The zero-order valence-electron chi connectivity index (χ0n) is 11.9. The van der Waals surface area contributed by atoms with Gasteiger partial charge in [-0.25, -0.2) is 0 Å². The summed E-state index contributed by atoms with van der Waals surface area (Å²) in [7, 11) is 1.61. The number of hydrazine groups is 1. The standard InChI is InChI=1S/C14H17Cl2N3O2/c1-8-4-5-9(2)19(8)10-6-11(15)13(12(16)7-10)21-14(20)18-17-3/h4-7,14,17-18,20H,1-3H3. The maximum atomic E-state index is 9.57. The molecule has 2 rings (SSSR count). The number of aliphatic hydroxyl groups is 1. The molecule has 3 N–H and O–H groups in total. The van der Waals surface area contributed by atoms with Crippen LogP contribution in [0, 0.1) is 13.8 Å². The van der Waals surface area contributed by atoms with Crippen molar-refractivity contribution in [2.45, 2.75) is 20.3 Å². The van der Waals surface area contributed by atoms with Crippen molar-refractivity contribution in [2.75, 3.05) is 7.05 Å². The Labute approximate surface area is 133 Å². The number of halogens is 2. The van der Waals surface area contributed by atoms with Gasteiger partial charge in [0.2, 0.25) is 0 Å². The number of aromatic nitrogens is 1. The predicted molar refractivity (Wildman–Crippen MR) is 84.1 cm³/mol. The van der Waals surface area contributed by atoms with Crippen molar-refractivity contribution in [3.05, 3.63) is 45.7 Å². The molecule has 0 aliphatic carbocycles. The largest absolute Gasteiger partial charge is 0.447 e. The van der Waals surface area contributed by atoms with E-state index in [1.807, 2.05) is 30.5 Å². The number of hydrogen-bond acceptors (Lipinski definition) is 4. The van der Waals surface area contributed by atoms with Gasteiger partial charge in [-0.2, -0.15) is 5.43 Å². The second-order valence-electron chi connectivity index (χ2n) is 4.55. The van der Waals surface area contributed by atoms with E-state index in [0.717, 1.165) is 17.1 Å². The molecule has 5 nitrogen and oxygen atoms in total. The molecule has 0 fully saturated rings. The van der Waals surface area contributed by atoms with Crippen molar-refractivity contribution in [2.24, 2.45) is 0 Å². The van der Waals surface area contributed by atoms with Crippen LogP contribution in [-0.2, 0) is 0 Å². The quantitative estimate of drug-likeness (QED) is 0.583. The highest BCUT2D eigenvalue weighted by Gasteiger charge is 2.15. The lowest BCUT2D eigenvalue weighted by Gasteiger charge is -2.18. The molecule has 0 radical (unpaired) electrons. The first-order valence-corrected chi connectivity index (χ1v) is 7.11. The summed E-state index contributed by atoms with van der Waals surface area (Å²) in [4.78, 5) is 0. The molecule has 1 heterocycles. The Morgan fingerprint density at radius 2 is 1.67 bits per heavy atom. The lowest BCUT2D eigenvalue weighted by molar-refractivity contribution is -0.0523. The van der Waals surface area contributed by atoms with Gasteiger partial charge < -0.3 is 14.4 Å². The molecule has 114 valence electrons. The summed E-state index contributed by atoms with van der Waals surface area (Å²) >= 11 is 12.4. The van der Waals surface area contributed by atoms with E-state index in [-0.39, 0.29) is 5.75 Å². The molecule has 21 heavy (non-hydrogen) atoms. The van der Waals surface area contributed by atoms with Crippen LogP contribution in [0.2, 0.25) is 10.0 Å². The molecule has 7 heteroatoms. The number of nitrogens with zero attached hydrogens (tertiary/aromatic N) is 1. The molecule has 2 aromatic rings. The Hall–Kier alpha value is -1.24. The fourth-order valence-electron chi connectivity index (χ4n) is 2.13. The number of aryl methyl sites for hydroxylation is 2. The molecule has 0 aliphatic rings. The Morgan fingerprint density at radius 1 is 1.14 bits per heavy atom. The first-order chi connectivity index (χ1) is 9.93. The second kappa shape index (κ2) is 6.68. The summed E-state index contributed by atoms with van der Waals surface area (Å²) in [5.74, 6) is 0.222.